The molecule has 0 amide bonds. The molecule has 0 fully saturated rings. The maximum Gasteiger partial charge on any atom is 0.256 e. The van der Waals surface area contributed by atoms with E-state index in [0.717, 1.165) is 33.4 Å². The van der Waals surface area contributed by atoms with E-state index in [4.69, 9.17) is 4.74 Å². The molecule has 0 unspecified atom stereocenters. The topological polar surface area (TPSA) is 72.5 Å². The van der Waals surface area contributed by atoms with Gasteiger partial charge in [-0.25, -0.2) is 4.98 Å². The van der Waals surface area contributed by atoms with Crippen molar-refractivity contribution >= 4 is 17.5 Å². The summed E-state index contributed by atoms with van der Waals surface area (Å²) in [5, 5.41) is 19.2. The Labute approximate surface area is 151 Å². The molecular formula is C18H22N4O2S. The number of aromatic nitrogens is 4. The molecule has 132 valence electrons. The fraction of sp³-hybridized carbons (Fsp3) is 0.389. The molecule has 1 atom stereocenters. The van der Waals surface area contributed by atoms with Crippen LogP contribution in [0.4, 0.5) is 0 Å². The monoisotopic (exact) mass is 358 g/mol. The molecule has 0 aliphatic heterocycles. The molecule has 2 heterocycles. The number of aliphatic hydroxyl groups is 1. The Bertz CT molecular complexity index is 874. The van der Waals surface area contributed by atoms with E-state index < -0.39 is 6.10 Å². The molecule has 25 heavy (non-hydrogen) atoms. The summed E-state index contributed by atoms with van der Waals surface area (Å²) in [4.78, 5) is 4.37. The smallest absolute Gasteiger partial charge is 0.256 e. The van der Waals surface area contributed by atoms with Crippen LogP contribution in [0, 0.1) is 27.7 Å². The van der Waals surface area contributed by atoms with Crippen molar-refractivity contribution in [3.63, 3.8) is 0 Å². The Morgan fingerprint density at radius 3 is 2.52 bits per heavy atom. The highest BCUT2D eigenvalue weighted by Crippen LogP contribution is 2.20. The Morgan fingerprint density at radius 1 is 1.08 bits per heavy atom. The fourth-order valence-corrected chi connectivity index (χ4v) is 3.61. The van der Waals surface area contributed by atoms with E-state index in [2.05, 4.69) is 21.2 Å². The highest BCUT2D eigenvalue weighted by atomic mass is 32.2. The van der Waals surface area contributed by atoms with Crippen LogP contribution in [0.25, 0.3) is 5.78 Å². The van der Waals surface area contributed by atoms with Gasteiger partial charge in [0.05, 0.1) is 6.10 Å². The lowest BCUT2D eigenvalue weighted by atomic mass is 10.1. The van der Waals surface area contributed by atoms with Crippen molar-refractivity contribution in [3.05, 3.63) is 46.8 Å². The number of fused-ring (bicyclic) bond motifs is 1. The molecule has 0 aliphatic carbocycles. The number of nitrogens with zero attached hydrogens (tertiary/aromatic N) is 4. The predicted octanol–water partition coefficient (Wildman–Crippen LogP) is 2.89. The van der Waals surface area contributed by atoms with Crippen LogP contribution in [0.3, 0.4) is 0 Å². The van der Waals surface area contributed by atoms with Crippen molar-refractivity contribution in [2.75, 3.05) is 12.4 Å². The normalized spacial score (nSPS) is 12.5. The zero-order chi connectivity index (χ0) is 18.0. The van der Waals surface area contributed by atoms with Gasteiger partial charge in [-0.15, -0.1) is 10.2 Å². The van der Waals surface area contributed by atoms with Gasteiger partial charge in [-0.3, -0.25) is 4.40 Å². The minimum Gasteiger partial charge on any atom is -0.491 e. The second kappa shape index (κ2) is 7.41. The van der Waals surface area contributed by atoms with E-state index in [0.29, 0.717) is 11.5 Å². The Balaban J connectivity index is 1.60. The highest BCUT2D eigenvalue weighted by molar-refractivity contribution is 7.99. The van der Waals surface area contributed by atoms with Crippen LogP contribution in [0.15, 0.2) is 29.4 Å². The SMILES string of the molecule is Cc1cc(C)cc(OC[C@H](O)CSc2nnc3nc(C)cc(C)n23)c1. The summed E-state index contributed by atoms with van der Waals surface area (Å²) in [6.07, 6.45) is -0.600. The quantitative estimate of drug-likeness (QED) is 0.683. The third-order valence-corrected chi connectivity index (χ3v) is 4.78. The van der Waals surface area contributed by atoms with Crippen LogP contribution in [0.5, 0.6) is 5.75 Å². The zero-order valence-corrected chi connectivity index (χ0v) is 15.7. The summed E-state index contributed by atoms with van der Waals surface area (Å²) in [5.74, 6) is 1.84. The maximum atomic E-state index is 10.2. The summed E-state index contributed by atoms with van der Waals surface area (Å²) >= 11 is 1.45. The lowest BCUT2D eigenvalue weighted by Gasteiger charge is -2.13. The summed E-state index contributed by atoms with van der Waals surface area (Å²) in [6.45, 7) is 8.22. The van der Waals surface area contributed by atoms with Crippen LogP contribution in [0.1, 0.15) is 22.5 Å². The molecule has 0 bridgehead atoms. The van der Waals surface area contributed by atoms with Crippen LogP contribution in [-0.2, 0) is 0 Å². The van der Waals surface area contributed by atoms with E-state index in [9.17, 15) is 5.11 Å². The van der Waals surface area contributed by atoms with Gasteiger partial charge in [0, 0.05) is 17.1 Å². The molecular weight excluding hydrogens is 336 g/mol. The highest BCUT2D eigenvalue weighted by Gasteiger charge is 2.13. The Morgan fingerprint density at radius 2 is 1.80 bits per heavy atom. The van der Waals surface area contributed by atoms with E-state index in [1.807, 2.05) is 50.3 Å². The third kappa shape index (κ3) is 4.29. The first-order chi connectivity index (χ1) is 11.9. The number of hydrogen-bond donors (Lipinski definition) is 1. The molecule has 0 radical (unpaired) electrons. The van der Waals surface area contributed by atoms with Crippen molar-refractivity contribution in [1.29, 1.82) is 0 Å². The number of thioether (sulfide) groups is 1. The van der Waals surface area contributed by atoms with Crippen molar-refractivity contribution in [3.8, 4) is 5.75 Å². The van der Waals surface area contributed by atoms with Gasteiger partial charge < -0.3 is 9.84 Å². The summed E-state index contributed by atoms with van der Waals surface area (Å²) in [6, 6.07) is 8.01. The van der Waals surface area contributed by atoms with Crippen molar-refractivity contribution in [1.82, 2.24) is 19.6 Å². The van der Waals surface area contributed by atoms with Crippen molar-refractivity contribution in [2.45, 2.75) is 39.0 Å². The fourth-order valence-electron chi connectivity index (χ4n) is 2.72. The summed E-state index contributed by atoms with van der Waals surface area (Å²) in [5.41, 5.74) is 4.23. The van der Waals surface area contributed by atoms with Crippen LogP contribution < -0.4 is 4.74 Å². The average molecular weight is 358 g/mol. The standard InChI is InChI=1S/C18H22N4O2S/c1-11-5-12(2)7-16(6-11)24-9-15(23)10-25-18-21-20-17-19-13(3)8-14(4)22(17)18/h5-8,15,23H,9-10H2,1-4H3/t15-/m0/s1. The molecule has 1 N–H and O–H groups in total. The van der Waals surface area contributed by atoms with Gasteiger partial charge in [-0.05, 0) is 57.0 Å². The molecule has 0 saturated heterocycles. The van der Waals surface area contributed by atoms with Crippen LogP contribution in [-0.4, -0.2) is 43.2 Å². The molecule has 3 rings (SSSR count). The van der Waals surface area contributed by atoms with E-state index in [1.165, 1.54) is 11.8 Å². The molecule has 2 aromatic heterocycles. The largest absolute Gasteiger partial charge is 0.491 e. The number of ether oxygens (including phenoxy) is 1. The van der Waals surface area contributed by atoms with Gasteiger partial charge in [0.15, 0.2) is 5.16 Å². The number of benzene rings is 1. The van der Waals surface area contributed by atoms with Gasteiger partial charge in [0.1, 0.15) is 12.4 Å². The maximum absolute atomic E-state index is 10.2. The minimum absolute atomic E-state index is 0.239. The molecule has 1 aromatic carbocycles. The van der Waals surface area contributed by atoms with E-state index in [1.54, 1.807) is 0 Å². The van der Waals surface area contributed by atoms with Gasteiger partial charge >= 0.3 is 0 Å². The van der Waals surface area contributed by atoms with Gasteiger partial charge in [0.25, 0.3) is 5.78 Å². The van der Waals surface area contributed by atoms with Gasteiger partial charge in [0.2, 0.25) is 0 Å². The van der Waals surface area contributed by atoms with Crippen molar-refractivity contribution < 1.29 is 9.84 Å². The zero-order valence-electron chi connectivity index (χ0n) is 14.9. The van der Waals surface area contributed by atoms with Crippen LogP contribution in [0.2, 0.25) is 0 Å². The summed E-state index contributed by atoms with van der Waals surface area (Å²) < 4.78 is 7.61. The summed E-state index contributed by atoms with van der Waals surface area (Å²) in [7, 11) is 0. The molecule has 7 heteroatoms. The number of rotatable bonds is 6. The lowest BCUT2D eigenvalue weighted by molar-refractivity contribution is 0.126. The second-order valence-electron chi connectivity index (χ2n) is 6.26. The molecule has 6 nitrogen and oxygen atoms in total. The first-order valence-electron chi connectivity index (χ1n) is 8.13. The predicted molar refractivity (Wildman–Crippen MR) is 98.4 cm³/mol. The Hall–Kier alpha value is -2.12. The Kier molecular flexibility index (Phi) is 5.24. The van der Waals surface area contributed by atoms with Crippen LogP contribution >= 0.6 is 11.8 Å². The third-order valence-electron chi connectivity index (χ3n) is 3.71. The van der Waals surface area contributed by atoms with Gasteiger partial charge in [-0.1, -0.05) is 17.8 Å². The molecule has 3 aromatic rings. The van der Waals surface area contributed by atoms with E-state index in [-0.39, 0.29) is 6.61 Å². The molecule has 0 spiro atoms. The molecule has 0 saturated carbocycles. The van der Waals surface area contributed by atoms with E-state index >= 15 is 0 Å². The first kappa shape index (κ1) is 17.7. The lowest BCUT2D eigenvalue weighted by Crippen LogP contribution is -2.20. The minimum atomic E-state index is -0.600. The van der Waals surface area contributed by atoms with Crippen molar-refractivity contribution in [2.24, 2.45) is 0 Å². The van der Waals surface area contributed by atoms with Gasteiger partial charge in [-0.2, -0.15) is 0 Å². The number of hydrogen-bond acceptors (Lipinski definition) is 6. The first-order valence-corrected chi connectivity index (χ1v) is 9.12. The second-order valence-corrected chi connectivity index (χ2v) is 7.24. The molecule has 0 aliphatic rings. The number of aliphatic hydroxyl groups excluding tert-OH is 1. The number of aryl methyl sites for hydroxylation is 4. The average Bonchev–Trinajstić information content (AvgIpc) is 2.93.